The molecule has 6 rings (SSSR count). The summed E-state index contributed by atoms with van der Waals surface area (Å²) in [6.07, 6.45) is 1.19. The number of benzene rings is 4. The van der Waals surface area contributed by atoms with E-state index in [1.165, 1.54) is 72.5 Å². The number of hydrogen-bond donors (Lipinski definition) is 0. The van der Waals surface area contributed by atoms with E-state index in [2.05, 4.69) is 178 Å². The van der Waals surface area contributed by atoms with E-state index in [1.54, 1.807) is 0 Å². The second-order valence-corrected chi connectivity index (χ2v) is 18.7. The predicted molar refractivity (Wildman–Crippen MR) is 215 cm³/mol. The van der Waals surface area contributed by atoms with Gasteiger partial charge in [0.05, 0.1) is 0 Å². The third-order valence-electron chi connectivity index (χ3n) is 8.80. The van der Waals surface area contributed by atoms with E-state index in [9.17, 15) is 0 Å². The van der Waals surface area contributed by atoms with Crippen LogP contribution in [0.15, 0.2) is 109 Å². The summed E-state index contributed by atoms with van der Waals surface area (Å²) >= 11 is -0.826. The minimum absolute atomic E-state index is 0.203. The first-order valence-corrected chi connectivity index (χ1v) is 25.3. The molecule has 0 aliphatic carbocycles. The molecule has 0 N–H and O–H groups in total. The van der Waals surface area contributed by atoms with Crippen LogP contribution in [0.3, 0.4) is 0 Å². The monoisotopic (exact) mass is 768 g/mol. The molecule has 1 unspecified atom stereocenters. The van der Waals surface area contributed by atoms with Crippen LogP contribution in [0, 0.1) is 6.92 Å². The van der Waals surface area contributed by atoms with Crippen molar-refractivity contribution >= 4 is 48.1 Å². The van der Waals surface area contributed by atoms with Gasteiger partial charge in [0.25, 0.3) is 0 Å². The molecule has 250 valence electrons. The van der Waals surface area contributed by atoms with Crippen molar-refractivity contribution < 1.29 is 20.8 Å². The molecule has 48 heavy (non-hydrogen) atoms. The molecule has 1 atom stereocenters. The Morgan fingerprint density at radius 2 is 1.17 bits per heavy atom. The molecule has 4 heteroatoms. The molecule has 0 spiro atoms. The molecule has 0 aliphatic rings. The summed E-state index contributed by atoms with van der Waals surface area (Å²) in [4.78, 5) is 0. The summed E-state index contributed by atoms with van der Waals surface area (Å²) in [5, 5.41) is 5.43. The molecular weight excluding hydrogens is 719 g/mol. The van der Waals surface area contributed by atoms with Crippen LogP contribution in [0.4, 0.5) is 0 Å². The normalized spacial score (nSPS) is 11.5. The summed E-state index contributed by atoms with van der Waals surface area (Å²) in [7, 11) is 11.0. The van der Waals surface area contributed by atoms with Crippen LogP contribution >= 0.6 is 17.0 Å². The maximum atomic E-state index is 4.93. The van der Waals surface area contributed by atoms with Gasteiger partial charge in [0, 0.05) is 9.52 Å². The van der Waals surface area contributed by atoms with Gasteiger partial charge in [-0.1, -0.05) is 147 Å². The SMILES string of the molecule is CCC(C)c1cc2c(-c3ccc(C(C)(C)C)cc3)cccc2[cH-]1.C[Si]C.Cc1cc2c(-c3ccc(C(C)C)cc3)cccc2[cH-]1.[Cl][Zr+2][Cl]. The third kappa shape index (κ3) is 10.9. The number of aryl methyl sites for hydroxylation is 1. The van der Waals surface area contributed by atoms with Gasteiger partial charge in [-0.05, 0) is 39.5 Å². The third-order valence-corrected chi connectivity index (χ3v) is 8.80. The van der Waals surface area contributed by atoms with Crippen LogP contribution in [0.1, 0.15) is 89.0 Å². The second-order valence-electron chi connectivity index (χ2n) is 13.9. The summed E-state index contributed by atoms with van der Waals surface area (Å²) in [6, 6.07) is 40.5. The molecule has 6 aromatic carbocycles. The Kier molecular flexibility index (Phi) is 16.1. The van der Waals surface area contributed by atoms with Crippen molar-refractivity contribution in [1.29, 1.82) is 0 Å². The fraction of sp³-hybridized carbons (Fsp3) is 0.318. The number of rotatable bonds is 5. The Balaban J connectivity index is 0.000000227. The zero-order chi connectivity index (χ0) is 35.4. The van der Waals surface area contributed by atoms with Crippen molar-refractivity contribution in [2.45, 2.75) is 92.2 Å². The average Bonchev–Trinajstić information content (AvgIpc) is 3.68. The van der Waals surface area contributed by atoms with Gasteiger partial charge >= 0.3 is 37.9 Å². The zero-order valence-electron chi connectivity index (χ0n) is 30.5. The molecular formula is C44H52Cl2SiZr. The van der Waals surface area contributed by atoms with Crippen molar-refractivity contribution in [2.24, 2.45) is 0 Å². The summed E-state index contributed by atoms with van der Waals surface area (Å²) < 4.78 is 0. The minimum atomic E-state index is -0.826. The first kappa shape index (κ1) is 40.2. The van der Waals surface area contributed by atoms with Gasteiger partial charge in [0.15, 0.2) is 0 Å². The molecule has 0 aliphatic heterocycles. The molecule has 0 bridgehead atoms. The van der Waals surface area contributed by atoms with Crippen LogP contribution in [-0.2, 0) is 26.3 Å². The standard InChI is InChI=1S/C23H27.C19H19.C2H6Si.2ClH.Zr/c1-6-16(2)19-14-18-8-7-9-21(22(18)15-19)17-10-12-20(13-11-17)23(3,4)5;1-13(2)15-7-9-16(10-8-15)18-6-4-5-17-11-14(3)12-19(17)18;1-3-2;;;/h7-16H,6H2,1-5H3;4-13H,1-3H3;1-2H3;2*1H;/q2*-1;;;;+4/p-2. The van der Waals surface area contributed by atoms with Crippen molar-refractivity contribution in [3.8, 4) is 22.3 Å². The van der Waals surface area contributed by atoms with E-state index >= 15 is 0 Å². The molecule has 0 heterocycles. The Morgan fingerprint density at radius 1 is 0.708 bits per heavy atom. The van der Waals surface area contributed by atoms with Gasteiger partial charge in [-0.15, -0.1) is 69.1 Å². The second kappa shape index (κ2) is 19.2. The molecule has 0 saturated heterocycles. The van der Waals surface area contributed by atoms with Crippen molar-refractivity contribution in [3.05, 3.63) is 131 Å². The summed E-state index contributed by atoms with van der Waals surface area (Å²) in [5.74, 6) is 1.21. The van der Waals surface area contributed by atoms with Crippen LogP contribution in [0.2, 0.25) is 13.1 Å². The Morgan fingerprint density at radius 3 is 1.62 bits per heavy atom. The maximum absolute atomic E-state index is 4.93. The van der Waals surface area contributed by atoms with E-state index in [0.717, 1.165) is 9.52 Å². The van der Waals surface area contributed by atoms with Gasteiger partial charge in [-0.25, -0.2) is 0 Å². The Labute approximate surface area is 312 Å². The molecule has 0 aromatic heterocycles. The van der Waals surface area contributed by atoms with Crippen molar-refractivity contribution in [2.75, 3.05) is 0 Å². The van der Waals surface area contributed by atoms with E-state index < -0.39 is 20.8 Å². The van der Waals surface area contributed by atoms with E-state index in [0.29, 0.717) is 11.8 Å². The first-order valence-electron chi connectivity index (χ1n) is 17.0. The zero-order valence-corrected chi connectivity index (χ0v) is 35.5. The Bertz CT molecular complexity index is 1820. The number of fused-ring (bicyclic) bond motifs is 2. The molecule has 2 radical (unpaired) electrons. The van der Waals surface area contributed by atoms with Crippen LogP contribution in [-0.4, -0.2) is 9.52 Å². The quantitative estimate of drug-likeness (QED) is 0.121. The number of hydrogen-bond acceptors (Lipinski definition) is 0. The molecule has 0 saturated carbocycles. The van der Waals surface area contributed by atoms with Gasteiger partial charge in [0.1, 0.15) is 0 Å². The fourth-order valence-electron chi connectivity index (χ4n) is 5.86. The van der Waals surface area contributed by atoms with Gasteiger partial charge < -0.3 is 0 Å². The summed E-state index contributed by atoms with van der Waals surface area (Å²) in [6.45, 7) is 22.3. The molecule has 6 aromatic rings. The van der Waals surface area contributed by atoms with E-state index in [4.69, 9.17) is 17.0 Å². The van der Waals surface area contributed by atoms with Gasteiger partial charge in [0.2, 0.25) is 0 Å². The van der Waals surface area contributed by atoms with Gasteiger partial charge in [-0.2, -0.15) is 12.1 Å². The predicted octanol–water partition coefficient (Wildman–Crippen LogP) is 14.9. The van der Waals surface area contributed by atoms with Crippen LogP contribution in [0.5, 0.6) is 0 Å². The summed E-state index contributed by atoms with van der Waals surface area (Å²) in [5.41, 5.74) is 11.1. The molecule has 0 amide bonds. The van der Waals surface area contributed by atoms with Crippen molar-refractivity contribution in [3.63, 3.8) is 0 Å². The van der Waals surface area contributed by atoms with Gasteiger partial charge in [-0.3, -0.25) is 0 Å². The topological polar surface area (TPSA) is 0 Å². The molecule has 0 fully saturated rings. The fourth-order valence-corrected chi connectivity index (χ4v) is 5.86. The number of halogens is 2. The average molecular weight is 771 g/mol. The first-order chi connectivity index (χ1) is 22.9. The van der Waals surface area contributed by atoms with E-state index in [1.807, 2.05) is 0 Å². The van der Waals surface area contributed by atoms with Crippen molar-refractivity contribution in [1.82, 2.24) is 0 Å². The van der Waals surface area contributed by atoms with Crippen LogP contribution in [0.25, 0.3) is 43.8 Å². The van der Waals surface area contributed by atoms with E-state index in [-0.39, 0.29) is 5.41 Å². The Hall–Kier alpha value is -2.22. The molecule has 0 nitrogen and oxygen atoms in total. The van der Waals surface area contributed by atoms with Crippen LogP contribution < -0.4 is 0 Å².